The summed E-state index contributed by atoms with van der Waals surface area (Å²) < 4.78 is 0. The number of rotatable bonds is 7. The van der Waals surface area contributed by atoms with Crippen molar-refractivity contribution in [3.05, 3.63) is 202 Å². The molecule has 52 heavy (non-hydrogen) atoms. The van der Waals surface area contributed by atoms with E-state index in [0.29, 0.717) is 19.6 Å². The predicted octanol–water partition coefficient (Wildman–Crippen LogP) is 8.29. The molecule has 0 unspecified atom stereocenters. The van der Waals surface area contributed by atoms with Gasteiger partial charge in [-0.2, -0.15) is 0 Å². The first-order valence-corrected chi connectivity index (χ1v) is 18.0. The zero-order valence-corrected chi connectivity index (χ0v) is 29.4. The van der Waals surface area contributed by atoms with Crippen LogP contribution in [-0.2, 0) is 40.4 Å². The Kier molecular flexibility index (Phi) is 7.69. The Bertz CT molecular complexity index is 2320. The molecule has 0 radical (unpaired) electrons. The van der Waals surface area contributed by atoms with Crippen molar-refractivity contribution >= 4 is 23.2 Å². The van der Waals surface area contributed by atoms with Crippen LogP contribution in [0.3, 0.4) is 0 Å². The molecule has 1 N–H and O–H groups in total. The molecule has 6 heteroatoms. The lowest BCUT2D eigenvalue weighted by Gasteiger charge is -2.42. The van der Waals surface area contributed by atoms with Crippen LogP contribution in [0.15, 0.2) is 158 Å². The molecule has 256 valence electrons. The average Bonchev–Trinajstić information content (AvgIpc) is 3.70. The van der Waals surface area contributed by atoms with E-state index in [9.17, 15) is 0 Å². The Labute approximate surface area is 305 Å². The van der Waals surface area contributed by atoms with E-state index < -0.39 is 17.2 Å². The van der Waals surface area contributed by atoms with Crippen LogP contribution in [0, 0.1) is 13.8 Å². The number of fused-ring (bicyclic) bond motifs is 4. The molecule has 0 aromatic heterocycles. The van der Waals surface area contributed by atoms with Gasteiger partial charge in [-0.15, -0.1) is 0 Å². The van der Waals surface area contributed by atoms with Crippen molar-refractivity contribution in [2.75, 3.05) is 9.80 Å². The third kappa shape index (κ3) is 4.79. The fraction of sp³-hybridized carbons (Fsp3) is 0.174. The van der Waals surface area contributed by atoms with Gasteiger partial charge in [-0.3, -0.25) is 14.9 Å². The molecule has 3 aliphatic heterocycles. The first kappa shape index (κ1) is 32.1. The van der Waals surface area contributed by atoms with Gasteiger partial charge >= 0.3 is 0 Å². The number of para-hydroxylation sites is 2. The summed E-state index contributed by atoms with van der Waals surface area (Å²) in [5.41, 5.74) is 7.16. The molecule has 0 aliphatic carbocycles. The van der Waals surface area contributed by atoms with Gasteiger partial charge in [0.2, 0.25) is 0 Å². The topological polar surface area (TPSA) is 55.9 Å². The lowest BCUT2D eigenvalue weighted by atomic mass is 9.79. The number of hydrogen-bond donors (Lipinski definition) is 1. The second-order valence-corrected chi connectivity index (χ2v) is 14.3. The number of carbonyl (C=O) groups excluding carboxylic acids is 2. The zero-order chi connectivity index (χ0) is 35.5. The Morgan fingerprint density at radius 1 is 0.519 bits per heavy atom. The van der Waals surface area contributed by atoms with Crippen molar-refractivity contribution in [3.8, 4) is 0 Å². The van der Waals surface area contributed by atoms with Crippen molar-refractivity contribution in [1.29, 1.82) is 0 Å². The van der Waals surface area contributed by atoms with Crippen molar-refractivity contribution < 1.29 is 9.59 Å². The lowest BCUT2D eigenvalue weighted by Crippen LogP contribution is -2.60. The van der Waals surface area contributed by atoms with Crippen molar-refractivity contribution in [2.24, 2.45) is 0 Å². The highest BCUT2D eigenvalue weighted by atomic mass is 16.2. The maximum Gasteiger partial charge on any atom is 0.267 e. The van der Waals surface area contributed by atoms with Crippen LogP contribution < -0.4 is 15.1 Å². The molecule has 3 atom stereocenters. The number of nitrogens with one attached hydrogen (secondary N) is 1. The van der Waals surface area contributed by atoms with Crippen LogP contribution in [-0.4, -0.2) is 16.7 Å². The van der Waals surface area contributed by atoms with Gasteiger partial charge in [0, 0.05) is 23.4 Å². The fourth-order valence-electron chi connectivity index (χ4n) is 8.93. The molecule has 9 rings (SSSR count). The molecular weight excluding hydrogens is 641 g/mol. The molecule has 2 amide bonds. The quantitative estimate of drug-likeness (QED) is 0.184. The van der Waals surface area contributed by atoms with E-state index in [-0.39, 0.29) is 11.8 Å². The minimum absolute atomic E-state index is 0.0493. The highest BCUT2D eigenvalue weighted by Crippen LogP contribution is 2.62. The van der Waals surface area contributed by atoms with Crippen LogP contribution in [0.4, 0.5) is 11.4 Å². The fourth-order valence-corrected chi connectivity index (χ4v) is 8.93. The molecular formula is C46H40N4O2. The summed E-state index contributed by atoms with van der Waals surface area (Å²) in [6, 6.07) is 52.8. The van der Waals surface area contributed by atoms with Crippen molar-refractivity contribution in [2.45, 2.75) is 50.7 Å². The summed E-state index contributed by atoms with van der Waals surface area (Å²) in [5.74, 6) is -0.141. The number of carbonyl (C=O) groups is 2. The van der Waals surface area contributed by atoms with Crippen LogP contribution in [0.25, 0.3) is 0 Å². The predicted molar refractivity (Wildman–Crippen MR) is 205 cm³/mol. The summed E-state index contributed by atoms with van der Waals surface area (Å²) in [6.45, 7) is 5.33. The molecule has 6 aromatic carbocycles. The van der Waals surface area contributed by atoms with Gasteiger partial charge in [-0.05, 0) is 48.2 Å². The molecule has 0 bridgehead atoms. The Morgan fingerprint density at radius 3 is 1.63 bits per heavy atom. The highest BCUT2D eigenvalue weighted by Gasteiger charge is 2.74. The first-order valence-electron chi connectivity index (χ1n) is 18.0. The lowest BCUT2D eigenvalue weighted by molar-refractivity contribution is -0.140. The number of hydrogen-bond acceptors (Lipinski definition) is 4. The second kappa shape index (κ2) is 12.4. The molecule has 3 aliphatic rings. The smallest absolute Gasteiger partial charge is 0.267 e. The molecule has 6 nitrogen and oxygen atoms in total. The molecule has 6 aromatic rings. The van der Waals surface area contributed by atoms with E-state index in [1.807, 2.05) is 88.7 Å². The Morgan fingerprint density at radius 2 is 1.02 bits per heavy atom. The van der Waals surface area contributed by atoms with E-state index in [1.165, 1.54) is 0 Å². The minimum atomic E-state index is -1.36. The molecule has 3 heterocycles. The normalized spacial score (nSPS) is 22.1. The standard InChI is InChI=1S/C46H40N4O2/c1-32-15-13-19-35(27-32)29-48-40-25-11-9-23-38(40)45(43(48)51)42(37-21-7-4-8-22-37)47-46(50(45)31-34-17-5-3-6-18-34)39-24-10-12-26-41(39)49(44(46)52)30-36-20-14-16-33(2)28-36/h3-28,42,47H,29-31H2,1-2H3/t42-,45-,46+/m1/s1. The van der Waals surface area contributed by atoms with Gasteiger partial charge in [-0.1, -0.05) is 157 Å². The summed E-state index contributed by atoms with van der Waals surface area (Å²) in [4.78, 5) is 37.7. The SMILES string of the molecule is Cc1cccc(CN2C(=O)[C@]3(N[C@H](c4ccccc4)[C@]4(C(=O)N(Cc5cccc(C)c5)c5ccccc54)N3Cc3ccccc3)c3ccccc32)c1. The maximum atomic E-state index is 15.9. The summed E-state index contributed by atoms with van der Waals surface area (Å²) in [7, 11) is 0. The highest BCUT2D eigenvalue weighted by molar-refractivity contribution is 6.12. The van der Waals surface area contributed by atoms with Crippen LogP contribution in [0.1, 0.15) is 50.5 Å². The zero-order valence-electron chi connectivity index (χ0n) is 29.4. The van der Waals surface area contributed by atoms with Gasteiger partial charge in [0.1, 0.15) is 0 Å². The van der Waals surface area contributed by atoms with Gasteiger partial charge in [0.05, 0.1) is 24.8 Å². The van der Waals surface area contributed by atoms with E-state index in [1.54, 1.807) is 0 Å². The number of amides is 2. The maximum absolute atomic E-state index is 15.9. The summed E-state index contributed by atoms with van der Waals surface area (Å²) in [6.07, 6.45) is 0. The third-order valence-corrected chi connectivity index (χ3v) is 11.1. The first-order chi connectivity index (χ1) is 25.4. The Balaban J connectivity index is 1.30. The monoisotopic (exact) mass is 680 g/mol. The average molecular weight is 681 g/mol. The molecule has 1 fully saturated rings. The molecule has 1 saturated heterocycles. The van der Waals surface area contributed by atoms with Crippen LogP contribution in [0.2, 0.25) is 0 Å². The van der Waals surface area contributed by atoms with Crippen LogP contribution in [0.5, 0.6) is 0 Å². The van der Waals surface area contributed by atoms with Crippen molar-refractivity contribution in [1.82, 2.24) is 10.2 Å². The minimum Gasteiger partial charge on any atom is -0.306 e. The number of nitrogens with zero attached hydrogens (tertiary/aromatic N) is 3. The van der Waals surface area contributed by atoms with Gasteiger partial charge < -0.3 is 9.80 Å². The number of aryl methyl sites for hydroxylation is 2. The second-order valence-electron chi connectivity index (χ2n) is 14.3. The summed E-state index contributed by atoms with van der Waals surface area (Å²) >= 11 is 0. The van der Waals surface area contributed by atoms with Gasteiger partial charge in [0.15, 0.2) is 11.2 Å². The van der Waals surface area contributed by atoms with E-state index in [2.05, 4.69) is 103 Å². The molecule has 2 spiro atoms. The largest absolute Gasteiger partial charge is 0.306 e. The van der Waals surface area contributed by atoms with E-state index in [4.69, 9.17) is 0 Å². The van der Waals surface area contributed by atoms with E-state index in [0.717, 1.165) is 55.9 Å². The van der Waals surface area contributed by atoms with Crippen LogP contribution >= 0.6 is 0 Å². The third-order valence-electron chi connectivity index (χ3n) is 11.1. The summed E-state index contributed by atoms with van der Waals surface area (Å²) in [5, 5.41) is 3.97. The van der Waals surface area contributed by atoms with E-state index >= 15 is 9.59 Å². The number of anilines is 2. The number of benzene rings is 6. The van der Waals surface area contributed by atoms with Gasteiger partial charge in [-0.25, -0.2) is 4.90 Å². The van der Waals surface area contributed by atoms with Gasteiger partial charge in [0.25, 0.3) is 11.8 Å². The Hall–Kier alpha value is -5.82. The molecule has 0 saturated carbocycles. The van der Waals surface area contributed by atoms with Crippen molar-refractivity contribution in [3.63, 3.8) is 0 Å².